The SMILES string of the molecule is C#CCC(NC(=O)C1CC2CCCCC2N1)C(=O)O. The molecule has 0 aromatic heterocycles. The molecular weight excluding hydrogens is 244 g/mol. The van der Waals surface area contributed by atoms with Gasteiger partial charge in [-0.2, -0.15) is 0 Å². The van der Waals surface area contributed by atoms with Crippen LogP contribution in [0, 0.1) is 18.3 Å². The van der Waals surface area contributed by atoms with Crippen molar-refractivity contribution >= 4 is 11.9 Å². The molecular formula is C14H20N2O3. The third-order valence-corrected chi connectivity index (χ3v) is 4.12. The average Bonchev–Trinajstić information content (AvgIpc) is 2.81. The second-order valence-corrected chi connectivity index (χ2v) is 5.41. The van der Waals surface area contributed by atoms with Crippen molar-refractivity contribution in [3.8, 4) is 12.3 Å². The zero-order valence-electron chi connectivity index (χ0n) is 10.9. The van der Waals surface area contributed by atoms with Crippen LogP contribution in [0.1, 0.15) is 38.5 Å². The lowest BCUT2D eigenvalue weighted by atomic mass is 9.85. The number of aliphatic carboxylic acids is 1. The maximum atomic E-state index is 12.1. The van der Waals surface area contributed by atoms with Gasteiger partial charge in [0.15, 0.2) is 0 Å². The number of rotatable bonds is 4. The molecule has 0 radical (unpaired) electrons. The summed E-state index contributed by atoms with van der Waals surface area (Å²) in [6.45, 7) is 0. The Balaban J connectivity index is 1.90. The van der Waals surface area contributed by atoms with Crippen molar-refractivity contribution in [3.63, 3.8) is 0 Å². The van der Waals surface area contributed by atoms with E-state index in [9.17, 15) is 9.59 Å². The Morgan fingerprint density at radius 3 is 2.79 bits per heavy atom. The molecule has 1 saturated carbocycles. The number of fused-ring (bicyclic) bond motifs is 1. The van der Waals surface area contributed by atoms with Gasteiger partial charge >= 0.3 is 5.97 Å². The molecule has 0 bridgehead atoms. The third kappa shape index (κ3) is 3.27. The number of carbonyl (C=O) groups excluding carboxylic acids is 1. The summed E-state index contributed by atoms with van der Waals surface area (Å²) in [6.07, 6.45) is 10.6. The van der Waals surface area contributed by atoms with Crippen molar-refractivity contribution < 1.29 is 14.7 Å². The van der Waals surface area contributed by atoms with Crippen LogP contribution in [0.2, 0.25) is 0 Å². The van der Waals surface area contributed by atoms with Crippen molar-refractivity contribution in [1.82, 2.24) is 10.6 Å². The number of carboxylic acids is 1. The standard InChI is InChI=1S/C14H20N2O3/c1-2-5-11(14(18)19)16-13(17)12-8-9-6-3-4-7-10(9)15-12/h1,9-12,15H,3-8H2,(H,16,17)(H,18,19). The molecule has 2 aliphatic rings. The Labute approximate surface area is 113 Å². The Bertz CT molecular complexity index is 388. The Morgan fingerprint density at radius 1 is 1.42 bits per heavy atom. The van der Waals surface area contributed by atoms with Gasteiger partial charge in [0.25, 0.3) is 0 Å². The predicted octanol–water partition coefficient (Wildman–Crippen LogP) is 0.500. The summed E-state index contributed by atoms with van der Waals surface area (Å²) in [5.41, 5.74) is 0. The fourth-order valence-electron chi connectivity index (χ4n) is 3.11. The molecule has 0 aromatic carbocycles. The Morgan fingerprint density at radius 2 is 2.16 bits per heavy atom. The summed E-state index contributed by atoms with van der Waals surface area (Å²) in [6, 6.07) is -0.838. The average molecular weight is 264 g/mol. The molecule has 5 heteroatoms. The van der Waals surface area contributed by atoms with E-state index in [4.69, 9.17) is 11.5 Å². The summed E-state index contributed by atoms with van der Waals surface area (Å²) < 4.78 is 0. The first kappa shape index (κ1) is 13.9. The van der Waals surface area contributed by atoms with Gasteiger partial charge in [0.2, 0.25) is 5.91 Å². The molecule has 1 amide bonds. The smallest absolute Gasteiger partial charge is 0.327 e. The van der Waals surface area contributed by atoms with E-state index in [0.717, 1.165) is 19.3 Å². The summed E-state index contributed by atoms with van der Waals surface area (Å²) >= 11 is 0. The van der Waals surface area contributed by atoms with E-state index < -0.39 is 12.0 Å². The van der Waals surface area contributed by atoms with Crippen LogP contribution in [0.15, 0.2) is 0 Å². The molecule has 4 atom stereocenters. The lowest BCUT2D eigenvalue weighted by Crippen LogP contribution is -2.49. The van der Waals surface area contributed by atoms with Gasteiger partial charge in [0.05, 0.1) is 6.04 Å². The lowest BCUT2D eigenvalue weighted by molar-refractivity contribution is -0.141. The summed E-state index contributed by atoms with van der Waals surface area (Å²) in [4.78, 5) is 23.0. The molecule has 0 aromatic rings. The number of hydrogen-bond donors (Lipinski definition) is 3. The van der Waals surface area contributed by atoms with Crippen LogP contribution >= 0.6 is 0 Å². The van der Waals surface area contributed by atoms with E-state index in [1.165, 1.54) is 12.8 Å². The van der Waals surface area contributed by atoms with E-state index >= 15 is 0 Å². The fourth-order valence-corrected chi connectivity index (χ4v) is 3.11. The first-order valence-corrected chi connectivity index (χ1v) is 6.84. The van der Waals surface area contributed by atoms with Crippen LogP contribution in [-0.2, 0) is 9.59 Å². The van der Waals surface area contributed by atoms with E-state index in [2.05, 4.69) is 16.6 Å². The second-order valence-electron chi connectivity index (χ2n) is 5.41. The zero-order valence-corrected chi connectivity index (χ0v) is 10.9. The van der Waals surface area contributed by atoms with Crippen LogP contribution in [0.5, 0.6) is 0 Å². The highest BCUT2D eigenvalue weighted by atomic mass is 16.4. The predicted molar refractivity (Wildman–Crippen MR) is 70.3 cm³/mol. The van der Waals surface area contributed by atoms with Gasteiger partial charge < -0.3 is 15.7 Å². The van der Waals surface area contributed by atoms with E-state index in [0.29, 0.717) is 12.0 Å². The lowest BCUT2D eigenvalue weighted by Gasteiger charge is -2.24. The molecule has 0 spiro atoms. The van der Waals surface area contributed by atoms with Gasteiger partial charge in [-0.1, -0.05) is 12.8 Å². The maximum Gasteiger partial charge on any atom is 0.327 e. The Kier molecular flexibility index (Phi) is 4.43. The van der Waals surface area contributed by atoms with Gasteiger partial charge in [0, 0.05) is 12.5 Å². The van der Waals surface area contributed by atoms with E-state index in [1.807, 2.05) is 0 Å². The molecule has 1 aliphatic carbocycles. The van der Waals surface area contributed by atoms with Crippen molar-refractivity contribution in [2.75, 3.05) is 0 Å². The molecule has 1 heterocycles. The number of nitrogens with one attached hydrogen (secondary N) is 2. The Hall–Kier alpha value is -1.54. The van der Waals surface area contributed by atoms with Gasteiger partial charge in [-0.3, -0.25) is 4.79 Å². The molecule has 104 valence electrons. The largest absolute Gasteiger partial charge is 0.480 e. The monoisotopic (exact) mass is 264 g/mol. The maximum absolute atomic E-state index is 12.1. The normalized spacial score (nSPS) is 31.0. The molecule has 1 aliphatic heterocycles. The third-order valence-electron chi connectivity index (χ3n) is 4.12. The molecule has 5 nitrogen and oxygen atoms in total. The van der Waals surface area contributed by atoms with Crippen molar-refractivity contribution in [1.29, 1.82) is 0 Å². The van der Waals surface area contributed by atoms with Crippen LogP contribution in [0.3, 0.4) is 0 Å². The molecule has 3 N–H and O–H groups in total. The van der Waals surface area contributed by atoms with Crippen molar-refractivity contribution in [2.45, 2.75) is 56.7 Å². The molecule has 2 rings (SSSR count). The van der Waals surface area contributed by atoms with Crippen LogP contribution in [-0.4, -0.2) is 35.1 Å². The minimum absolute atomic E-state index is 0.0145. The first-order chi connectivity index (χ1) is 9.11. The first-order valence-electron chi connectivity index (χ1n) is 6.84. The topological polar surface area (TPSA) is 78.4 Å². The zero-order chi connectivity index (χ0) is 13.8. The van der Waals surface area contributed by atoms with Crippen LogP contribution in [0.4, 0.5) is 0 Å². The van der Waals surface area contributed by atoms with E-state index in [-0.39, 0.29) is 18.4 Å². The highest BCUT2D eigenvalue weighted by molar-refractivity contribution is 5.87. The van der Waals surface area contributed by atoms with Crippen molar-refractivity contribution in [3.05, 3.63) is 0 Å². The molecule has 19 heavy (non-hydrogen) atoms. The number of carbonyl (C=O) groups is 2. The quantitative estimate of drug-likeness (QED) is 0.646. The van der Waals surface area contributed by atoms with Gasteiger partial charge in [0.1, 0.15) is 6.04 Å². The molecule has 2 fully saturated rings. The second kappa shape index (κ2) is 6.07. The summed E-state index contributed by atoms with van der Waals surface area (Å²) in [5, 5.41) is 14.8. The summed E-state index contributed by atoms with van der Waals surface area (Å²) in [5.74, 6) is 1.51. The van der Waals surface area contributed by atoms with Crippen LogP contribution in [0.25, 0.3) is 0 Å². The van der Waals surface area contributed by atoms with Crippen molar-refractivity contribution in [2.24, 2.45) is 5.92 Å². The minimum atomic E-state index is -1.08. The highest BCUT2D eigenvalue weighted by Crippen LogP contribution is 2.33. The highest BCUT2D eigenvalue weighted by Gasteiger charge is 2.38. The minimum Gasteiger partial charge on any atom is -0.480 e. The van der Waals surface area contributed by atoms with Gasteiger partial charge in [-0.25, -0.2) is 4.79 Å². The van der Waals surface area contributed by atoms with Gasteiger partial charge in [-0.05, 0) is 25.2 Å². The van der Waals surface area contributed by atoms with E-state index in [1.54, 1.807) is 0 Å². The van der Waals surface area contributed by atoms with Gasteiger partial charge in [-0.15, -0.1) is 12.3 Å². The number of hydrogen-bond acceptors (Lipinski definition) is 3. The fraction of sp³-hybridized carbons (Fsp3) is 0.714. The number of terminal acetylenes is 1. The summed E-state index contributed by atoms with van der Waals surface area (Å²) in [7, 11) is 0. The molecule has 1 saturated heterocycles. The van der Waals surface area contributed by atoms with Crippen LogP contribution < -0.4 is 10.6 Å². The number of carboxylic acid groups (broad SMARTS) is 1. The molecule has 4 unspecified atom stereocenters. The number of amides is 1.